The number of hydrogen-bond acceptors (Lipinski definition) is 1. The molecule has 1 aromatic heterocycles. The molecule has 0 saturated carbocycles. The van der Waals surface area contributed by atoms with Crippen LogP contribution in [0, 0.1) is 24.4 Å². The fourth-order valence-corrected chi connectivity index (χ4v) is 2.33. The van der Waals surface area contributed by atoms with Gasteiger partial charge in [0.15, 0.2) is 4.77 Å². The van der Waals surface area contributed by atoms with Crippen molar-refractivity contribution in [3.8, 4) is 0 Å². The molecule has 0 aliphatic rings. The van der Waals surface area contributed by atoms with Gasteiger partial charge < -0.3 is 9.55 Å². The van der Waals surface area contributed by atoms with Crippen molar-refractivity contribution in [1.82, 2.24) is 9.55 Å². The van der Waals surface area contributed by atoms with E-state index < -0.39 is 0 Å². The van der Waals surface area contributed by atoms with Gasteiger partial charge in [-0.3, -0.25) is 0 Å². The quantitative estimate of drug-likeness (QED) is 0.801. The van der Waals surface area contributed by atoms with Crippen LogP contribution in [0.3, 0.4) is 0 Å². The van der Waals surface area contributed by atoms with Gasteiger partial charge in [0.25, 0.3) is 0 Å². The van der Waals surface area contributed by atoms with Gasteiger partial charge in [0.2, 0.25) is 0 Å². The second kappa shape index (κ2) is 4.45. The molecule has 1 unspecified atom stereocenters. The highest BCUT2D eigenvalue weighted by atomic mass is 32.1. The first-order valence-electron chi connectivity index (χ1n) is 5.53. The molecule has 17 heavy (non-hydrogen) atoms. The Morgan fingerprint density at radius 3 is 2.59 bits per heavy atom. The van der Waals surface area contributed by atoms with E-state index in [4.69, 9.17) is 12.2 Å². The first-order valence-corrected chi connectivity index (χ1v) is 5.94. The third kappa shape index (κ3) is 2.17. The molecule has 0 fully saturated rings. The Hall–Kier alpha value is -1.42. The molecule has 0 saturated heterocycles. The second-order valence-corrected chi connectivity index (χ2v) is 4.68. The lowest BCUT2D eigenvalue weighted by Gasteiger charge is -2.16. The van der Waals surface area contributed by atoms with E-state index in [2.05, 4.69) is 4.98 Å². The molecule has 0 radical (unpaired) electrons. The van der Waals surface area contributed by atoms with E-state index in [9.17, 15) is 4.39 Å². The molecule has 1 N–H and O–H groups in total. The minimum absolute atomic E-state index is 0.0313. The van der Waals surface area contributed by atoms with Crippen LogP contribution in [-0.2, 0) is 0 Å². The third-order valence-electron chi connectivity index (χ3n) is 3.07. The summed E-state index contributed by atoms with van der Waals surface area (Å²) >= 11 is 5.22. The minimum Gasteiger partial charge on any atom is -0.337 e. The van der Waals surface area contributed by atoms with E-state index in [0.29, 0.717) is 10.3 Å². The van der Waals surface area contributed by atoms with Gasteiger partial charge in [-0.25, -0.2) is 4.39 Å². The Balaban J connectivity index is 2.47. The fourth-order valence-electron chi connectivity index (χ4n) is 1.96. The average Bonchev–Trinajstić information content (AvgIpc) is 2.62. The first kappa shape index (κ1) is 12.0. The zero-order valence-electron chi connectivity index (χ0n) is 10.1. The molecule has 0 aliphatic carbocycles. The lowest BCUT2D eigenvalue weighted by Crippen LogP contribution is -2.09. The van der Waals surface area contributed by atoms with Crippen LogP contribution >= 0.6 is 12.2 Å². The molecule has 2 aromatic rings. The standard InChI is InChI=1S/C13H15FN2S/c1-8-4-5-11(6-12(8)14)10(3)16-9(2)7-15-13(16)17/h4-7,10H,1-3H3,(H,15,17). The fraction of sp³-hybridized carbons (Fsp3) is 0.308. The zero-order valence-corrected chi connectivity index (χ0v) is 10.9. The number of hydrogen-bond donors (Lipinski definition) is 1. The first-order chi connectivity index (χ1) is 8.00. The smallest absolute Gasteiger partial charge is 0.177 e. The van der Waals surface area contributed by atoms with Gasteiger partial charge >= 0.3 is 0 Å². The number of halogens is 1. The van der Waals surface area contributed by atoms with Crippen molar-refractivity contribution in [2.24, 2.45) is 0 Å². The Labute approximate surface area is 105 Å². The molecule has 1 aromatic carbocycles. The van der Waals surface area contributed by atoms with E-state index in [1.54, 1.807) is 19.1 Å². The van der Waals surface area contributed by atoms with Crippen molar-refractivity contribution in [1.29, 1.82) is 0 Å². The van der Waals surface area contributed by atoms with E-state index in [1.807, 2.05) is 30.7 Å². The highest BCUT2D eigenvalue weighted by Crippen LogP contribution is 2.22. The molecule has 1 heterocycles. The largest absolute Gasteiger partial charge is 0.337 e. The Morgan fingerprint density at radius 1 is 1.35 bits per heavy atom. The maximum absolute atomic E-state index is 13.5. The number of nitrogens with zero attached hydrogens (tertiary/aromatic N) is 1. The number of aromatic nitrogens is 2. The number of imidazole rings is 1. The van der Waals surface area contributed by atoms with E-state index in [-0.39, 0.29) is 11.9 Å². The van der Waals surface area contributed by atoms with Crippen molar-refractivity contribution >= 4 is 12.2 Å². The lowest BCUT2D eigenvalue weighted by atomic mass is 10.1. The molecule has 4 heteroatoms. The van der Waals surface area contributed by atoms with E-state index in [1.165, 1.54) is 0 Å². The highest BCUT2D eigenvalue weighted by Gasteiger charge is 2.12. The zero-order chi connectivity index (χ0) is 12.6. The van der Waals surface area contributed by atoms with Crippen LogP contribution in [0.1, 0.15) is 29.8 Å². The molecule has 0 bridgehead atoms. The van der Waals surface area contributed by atoms with Gasteiger partial charge in [0.05, 0.1) is 6.04 Å². The monoisotopic (exact) mass is 250 g/mol. The Bertz CT molecular complexity index is 598. The van der Waals surface area contributed by atoms with Crippen LogP contribution in [0.2, 0.25) is 0 Å². The molecule has 0 amide bonds. The minimum atomic E-state index is -0.172. The number of benzene rings is 1. The maximum atomic E-state index is 13.5. The second-order valence-electron chi connectivity index (χ2n) is 4.29. The molecule has 1 atom stereocenters. The molecular weight excluding hydrogens is 235 g/mol. The van der Waals surface area contributed by atoms with Gasteiger partial charge in [-0.05, 0) is 50.2 Å². The SMILES string of the molecule is Cc1ccc(C(C)n2c(C)c[nH]c2=S)cc1F. The van der Waals surface area contributed by atoms with Crippen LogP contribution in [0.25, 0.3) is 0 Å². The summed E-state index contributed by atoms with van der Waals surface area (Å²) in [5, 5.41) is 0. The predicted octanol–water partition coefficient (Wildman–Crippen LogP) is 3.91. The third-order valence-corrected chi connectivity index (χ3v) is 3.38. The number of H-pyrrole nitrogens is 1. The predicted molar refractivity (Wildman–Crippen MR) is 69.3 cm³/mol. The molecular formula is C13H15FN2S. The highest BCUT2D eigenvalue weighted by molar-refractivity contribution is 7.71. The molecule has 2 rings (SSSR count). The van der Waals surface area contributed by atoms with Crippen molar-refractivity contribution < 1.29 is 4.39 Å². The van der Waals surface area contributed by atoms with Gasteiger partial charge in [-0.1, -0.05) is 12.1 Å². The van der Waals surface area contributed by atoms with Gasteiger partial charge in [-0.15, -0.1) is 0 Å². The number of aromatic amines is 1. The van der Waals surface area contributed by atoms with Gasteiger partial charge in [0, 0.05) is 11.9 Å². The summed E-state index contributed by atoms with van der Waals surface area (Å²) < 4.78 is 16.2. The summed E-state index contributed by atoms with van der Waals surface area (Å²) in [6, 6.07) is 5.35. The van der Waals surface area contributed by atoms with E-state index in [0.717, 1.165) is 11.3 Å². The average molecular weight is 250 g/mol. The summed E-state index contributed by atoms with van der Waals surface area (Å²) in [4.78, 5) is 3.00. The van der Waals surface area contributed by atoms with Crippen LogP contribution in [0.4, 0.5) is 4.39 Å². The summed E-state index contributed by atoms with van der Waals surface area (Å²) in [6.07, 6.45) is 1.86. The van der Waals surface area contributed by atoms with Crippen LogP contribution in [0.5, 0.6) is 0 Å². The Kier molecular flexibility index (Phi) is 3.15. The number of rotatable bonds is 2. The van der Waals surface area contributed by atoms with Crippen molar-refractivity contribution in [2.45, 2.75) is 26.8 Å². The number of aryl methyl sites for hydroxylation is 2. The van der Waals surface area contributed by atoms with Gasteiger partial charge in [0.1, 0.15) is 5.82 Å². The van der Waals surface area contributed by atoms with Crippen molar-refractivity contribution in [3.63, 3.8) is 0 Å². The van der Waals surface area contributed by atoms with Crippen molar-refractivity contribution in [2.75, 3.05) is 0 Å². The van der Waals surface area contributed by atoms with Crippen molar-refractivity contribution in [3.05, 3.63) is 51.8 Å². The normalized spacial score (nSPS) is 12.7. The molecule has 0 aliphatic heterocycles. The molecule has 90 valence electrons. The summed E-state index contributed by atoms with van der Waals surface area (Å²) in [6.45, 7) is 5.76. The summed E-state index contributed by atoms with van der Waals surface area (Å²) in [5.41, 5.74) is 2.63. The lowest BCUT2D eigenvalue weighted by molar-refractivity contribution is 0.588. The number of nitrogens with one attached hydrogen (secondary N) is 1. The molecule has 2 nitrogen and oxygen atoms in total. The van der Waals surface area contributed by atoms with Crippen LogP contribution < -0.4 is 0 Å². The van der Waals surface area contributed by atoms with Crippen LogP contribution in [-0.4, -0.2) is 9.55 Å². The Morgan fingerprint density at radius 2 is 2.06 bits per heavy atom. The van der Waals surface area contributed by atoms with Gasteiger partial charge in [-0.2, -0.15) is 0 Å². The van der Waals surface area contributed by atoms with E-state index >= 15 is 0 Å². The van der Waals surface area contributed by atoms with Crippen LogP contribution in [0.15, 0.2) is 24.4 Å². The topological polar surface area (TPSA) is 20.7 Å². The molecule has 0 spiro atoms. The summed E-state index contributed by atoms with van der Waals surface area (Å²) in [7, 11) is 0. The maximum Gasteiger partial charge on any atom is 0.177 e. The summed E-state index contributed by atoms with van der Waals surface area (Å²) in [5.74, 6) is -0.172.